The number of benzene rings is 1. The van der Waals surface area contributed by atoms with Gasteiger partial charge in [-0.2, -0.15) is 0 Å². The average molecular weight is 443 g/mol. The van der Waals surface area contributed by atoms with Crippen LogP contribution in [0.25, 0.3) is 0 Å². The molecule has 2 saturated heterocycles. The number of aromatic nitrogens is 1. The van der Waals surface area contributed by atoms with E-state index in [9.17, 15) is 9.59 Å². The maximum absolute atomic E-state index is 12.8. The topological polar surface area (TPSA) is 97.1 Å². The number of piperidine rings is 1. The summed E-state index contributed by atoms with van der Waals surface area (Å²) in [4.78, 5) is 33.6. The molecule has 0 atom stereocenters. The molecule has 0 aliphatic carbocycles. The predicted octanol–water partition coefficient (Wildman–Crippen LogP) is 3.18. The van der Waals surface area contributed by atoms with Crippen molar-refractivity contribution in [2.75, 3.05) is 51.8 Å². The summed E-state index contributed by atoms with van der Waals surface area (Å²) in [6.45, 7) is 7.15. The molecule has 172 valence electrons. The molecule has 9 heteroatoms. The molecule has 9 nitrogen and oxygen atoms in total. The minimum absolute atomic E-state index is 0.0895. The molecule has 2 fully saturated rings. The van der Waals surface area contributed by atoms with Crippen LogP contribution in [0.1, 0.15) is 46.5 Å². The monoisotopic (exact) mass is 442 g/mol. The second-order valence-corrected chi connectivity index (χ2v) is 8.23. The summed E-state index contributed by atoms with van der Waals surface area (Å²) in [7, 11) is 1.62. The van der Waals surface area contributed by atoms with Gasteiger partial charge in [-0.05, 0) is 50.5 Å². The largest absolute Gasteiger partial charge is 0.497 e. The molecule has 0 unspecified atom stereocenters. The average Bonchev–Trinajstić information content (AvgIpc) is 3.22. The summed E-state index contributed by atoms with van der Waals surface area (Å²) in [5, 5.41) is 2.98. The SMILES string of the molecule is COc1ccc(NC(=O)N2CCC(c3nc(C(=O)N4CCOCC4)c(C)o3)CC2)c(C)c1. The highest BCUT2D eigenvalue weighted by molar-refractivity contribution is 5.93. The van der Waals surface area contributed by atoms with Crippen molar-refractivity contribution in [3.63, 3.8) is 0 Å². The first-order chi connectivity index (χ1) is 15.5. The Labute approximate surface area is 187 Å². The second-order valence-electron chi connectivity index (χ2n) is 8.23. The lowest BCUT2D eigenvalue weighted by atomic mass is 9.97. The second kappa shape index (κ2) is 9.60. The Morgan fingerprint density at radius 1 is 1.09 bits per heavy atom. The van der Waals surface area contributed by atoms with Crippen LogP contribution < -0.4 is 10.1 Å². The van der Waals surface area contributed by atoms with Crippen LogP contribution >= 0.6 is 0 Å². The van der Waals surface area contributed by atoms with Gasteiger partial charge in [0.1, 0.15) is 11.5 Å². The molecule has 3 heterocycles. The number of rotatable bonds is 4. The van der Waals surface area contributed by atoms with Gasteiger partial charge in [-0.15, -0.1) is 0 Å². The van der Waals surface area contributed by atoms with Crippen molar-refractivity contribution in [2.24, 2.45) is 0 Å². The Hall–Kier alpha value is -3.07. The van der Waals surface area contributed by atoms with Crippen LogP contribution in [0.2, 0.25) is 0 Å². The lowest BCUT2D eigenvalue weighted by Crippen LogP contribution is -2.41. The molecular weight excluding hydrogens is 412 g/mol. The van der Waals surface area contributed by atoms with E-state index < -0.39 is 0 Å². The molecule has 1 aromatic carbocycles. The van der Waals surface area contributed by atoms with Crippen LogP contribution in [0.5, 0.6) is 5.75 Å². The van der Waals surface area contributed by atoms with Crippen LogP contribution in [0.15, 0.2) is 22.6 Å². The van der Waals surface area contributed by atoms with Crippen LogP contribution in [-0.4, -0.2) is 73.2 Å². The molecular formula is C23H30N4O5. The fourth-order valence-electron chi connectivity index (χ4n) is 4.13. The minimum Gasteiger partial charge on any atom is -0.497 e. The van der Waals surface area contributed by atoms with E-state index in [0.717, 1.165) is 29.8 Å². The fraction of sp³-hybridized carbons (Fsp3) is 0.522. The van der Waals surface area contributed by atoms with E-state index in [1.165, 1.54) is 0 Å². The van der Waals surface area contributed by atoms with Crippen molar-refractivity contribution >= 4 is 17.6 Å². The number of oxazole rings is 1. The number of amides is 3. The molecule has 2 aliphatic rings. The van der Waals surface area contributed by atoms with E-state index in [-0.39, 0.29) is 17.9 Å². The summed E-state index contributed by atoms with van der Waals surface area (Å²) in [5.74, 6) is 1.88. The number of methoxy groups -OCH3 is 1. The number of nitrogens with one attached hydrogen (secondary N) is 1. The van der Waals surface area contributed by atoms with Gasteiger partial charge in [-0.1, -0.05) is 0 Å². The number of anilines is 1. The highest BCUT2D eigenvalue weighted by Crippen LogP contribution is 2.30. The van der Waals surface area contributed by atoms with Gasteiger partial charge in [0.25, 0.3) is 5.91 Å². The number of hydrogen-bond acceptors (Lipinski definition) is 6. The third kappa shape index (κ3) is 4.72. The van der Waals surface area contributed by atoms with E-state index in [0.29, 0.717) is 56.7 Å². The molecule has 0 spiro atoms. The Morgan fingerprint density at radius 2 is 1.81 bits per heavy atom. The van der Waals surface area contributed by atoms with Crippen molar-refractivity contribution in [3.05, 3.63) is 41.1 Å². The number of aryl methyl sites for hydroxylation is 2. The third-order valence-electron chi connectivity index (χ3n) is 6.12. The van der Waals surface area contributed by atoms with Crippen LogP contribution in [0, 0.1) is 13.8 Å². The number of carbonyl (C=O) groups excluding carboxylic acids is 2. The maximum atomic E-state index is 12.8. The maximum Gasteiger partial charge on any atom is 0.321 e. The van der Waals surface area contributed by atoms with Crippen molar-refractivity contribution in [2.45, 2.75) is 32.6 Å². The smallest absolute Gasteiger partial charge is 0.321 e. The van der Waals surface area contributed by atoms with Gasteiger partial charge in [-0.3, -0.25) is 4.79 Å². The van der Waals surface area contributed by atoms with E-state index in [2.05, 4.69) is 10.3 Å². The van der Waals surface area contributed by atoms with Crippen molar-refractivity contribution in [3.8, 4) is 5.75 Å². The van der Waals surface area contributed by atoms with E-state index in [1.54, 1.807) is 23.8 Å². The lowest BCUT2D eigenvalue weighted by Gasteiger charge is -2.30. The Balaban J connectivity index is 1.34. The first kappa shape index (κ1) is 22.1. The standard InChI is InChI=1S/C23H30N4O5/c1-15-14-18(30-3)4-5-19(15)24-23(29)27-8-6-17(7-9-27)21-25-20(16(2)32-21)22(28)26-10-12-31-13-11-26/h4-5,14,17H,6-13H2,1-3H3,(H,24,29). The Kier molecular flexibility index (Phi) is 6.64. The zero-order valence-electron chi connectivity index (χ0n) is 18.8. The van der Waals surface area contributed by atoms with Crippen molar-refractivity contribution < 1.29 is 23.5 Å². The number of carbonyl (C=O) groups is 2. The Morgan fingerprint density at radius 3 is 2.47 bits per heavy atom. The lowest BCUT2D eigenvalue weighted by molar-refractivity contribution is 0.0298. The molecule has 2 aromatic rings. The zero-order chi connectivity index (χ0) is 22.7. The minimum atomic E-state index is -0.122. The molecule has 0 radical (unpaired) electrons. The molecule has 0 saturated carbocycles. The number of nitrogens with zero attached hydrogens (tertiary/aromatic N) is 3. The number of urea groups is 1. The van der Waals surface area contributed by atoms with Gasteiger partial charge in [0, 0.05) is 37.8 Å². The van der Waals surface area contributed by atoms with E-state index in [4.69, 9.17) is 13.9 Å². The number of likely N-dealkylation sites (tertiary alicyclic amines) is 1. The number of hydrogen-bond donors (Lipinski definition) is 1. The van der Waals surface area contributed by atoms with E-state index >= 15 is 0 Å². The van der Waals surface area contributed by atoms with E-state index in [1.807, 2.05) is 25.1 Å². The van der Waals surface area contributed by atoms with Crippen molar-refractivity contribution in [1.29, 1.82) is 0 Å². The summed E-state index contributed by atoms with van der Waals surface area (Å²) in [6.07, 6.45) is 1.47. The summed E-state index contributed by atoms with van der Waals surface area (Å²) in [6, 6.07) is 5.45. The van der Waals surface area contributed by atoms with Gasteiger partial charge in [0.15, 0.2) is 11.6 Å². The highest BCUT2D eigenvalue weighted by atomic mass is 16.5. The molecule has 2 aliphatic heterocycles. The fourth-order valence-corrected chi connectivity index (χ4v) is 4.13. The molecule has 1 aromatic heterocycles. The number of morpholine rings is 1. The van der Waals surface area contributed by atoms with Crippen LogP contribution in [0.3, 0.4) is 0 Å². The summed E-state index contributed by atoms with van der Waals surface area (Å²) >= 11 is 0. The molecule has 1 N–H and O–H groups in total. The van der Waals surface area contributed by atoms with Crippen LogP contribution in [-0.2, 0) is 4.74 Å². The predicted molar refractivity (Wildman–Crippen MR) is 118 cm³/mol. The molecule has 0 bridgehead atoms. The third-order valence-corrected chi connectivity index (χ3v) is 6.12. The van der Waals surface area contributed by atoms with Crippen LogP contribution in [0.4, 0.5) is 10.5 Å². The zero-order valence-corrected chi connectivity index (χ0v) is 18.8. The van der Waals surface area contributed by atoms with Gasteiger partial charge in [0.2, 0.25) is 0 Å². The highest BCUT2D eigenvalue weighted by Gasteiger charge is 2.30. The van der Waals surface area contributed by atoms with Gasteiger partial charge < -0.3 is 29.0 Å². The quantitative estimate of drug-likeness (QED) is 0.781. The van der Waals surface area contributed by atoms with Gasteiger partial charge in [-0.25, -0.2) is 9.78 Å². The molecule has 32 heavy (non-hydrogen) atoms. The Bertz CT molecular complexity index is 975. The summed E-state index contributed by atoms with van der Waals surface area (Å²) in [5.41, 5.74) is 2.10. The van der Waals surface area contributed by atoms with Gasteiger partial charge in [0.05, 0.1) is 20.3 Å². The normalized spacial score (nSPS) is 17.3. The summed E-state index contributed by atoms with van der Waals surface area (Å²) < 4.78 is 16.4. The van der Waals surface area contributed by atoms with Crippen molar-refractivity contribution in [1.82, 2.24) is 14.8 Å². The van der Waals surface area contributed by atoms with Gasteiger partial charge >= 0.3 is 6.03 Å². The number of ether oxygens (including phenoxy) is 2. The molecule has 3 amide bonds. The first-order valence-electron chi connectivity index (χ1n) is 11.0. The molecule has 4 rings (SSSR count). The first-order valence-corrected chi connectivity index (χ1v) is 11.0.